The fourth-order valence-electron chi connectivity index (χ4n) is 3.09. The van der Waals surface area contributed by atoms with Crippen molar-refractivity contribution in [2.75, 3.05) is 23.9 Å². The van der Waals surface area contributed by atoms with Crippen LogP contribution in [-0.2, 0) is 16.0 Å². The van der Waals surface area contributed by atoms with Gasteiger partial charge in [-0.15, -0.1) is 0 Å². The first kappa shape index (κ1) is 18.4. The molecule has 0 aromatic heterocycles. The summed E-state index contributed by atoms with van der Waals surface area (Å²) in [7, 11) is 1.52. The number of methoxy groups -OCH3 is 1. The van der Waals surface area contributed by atoms with Crippen molar-refractivity contribution >= 4 is 29.2 Å². The van der Waals surface area contributed by atoms with E-state index in [0.29, 0.717) is 35.7 Å². The van der Waals surface area contributed by atoms with Crippen molar-refractivity contribution in [2.45, 2.75) is 19.3 Å². The van der Waals surface area contributed by atoms with Crippen molar-refractivity contribution in [2.24, 2.45) is 0 Å². The van der Waals surface area contributed by atoms with Gasteiger partial charge in [-0.25, -0.2) is 4.79 Å². The number of hydrogen-bond acceptors (Lipinski definition) is 4. The van der Waals surface area contributed by atoms with Gasteiger partial charge in [0.1, 0.15) is 5.75 Å². The highest BCUT2D eigenvalue weighted by Gasteiger charge is 2.24. The molecule has 0 atom stereocenters. The Balaban J connectivity index is 1.71. The number of carboxylic acid groups (broad SMARTS) is 1. The summed E-state index contributed by atoms with van der Waals surface area (Å²) in [5.74, 6) is -0.738. The molecule has 0 unspecified atom stereocenters. The van der Waals surface area contributed by atoms with Gasteiger partial charge in [0.05, 0.1) is 24.8 Å². The van der Waals surface area contributed by atoms with E-state index in [4.69, 9.17) is 9.84 Å². The highest BCUT2D eigenvalue weighted by Crippen LogP contribution is 2.33. The van der Waals surface area contributed by atoms with Crippen molar-refractivity contribution in [3.8, 4) is 5.75 Å². The van der Waals surface area contributed by atoms with E-state index in [1.54, 1.807) is 35.2 Å². The zero-order chi connectivity index (χ0) is 19.4. The molecule has 2 amide bonds. The fourth-order valence-corrected chi connectivity index (χ4v) is 3.09. The Bertz CT molecular complexity index is 894. The lowest BCUT2D eigenvalue weighted by molar-refractivity contribution is -0.117. The van der Waals surface area contributed by atoms with Gasteiger partial charge in [0.2, 0.25) is 11.8 Å². The van der Waals surface area contributed by atoms with Gasteiger partial charge in [-0.05, 0) is 36.2 Å². The van der Waals surface area contributed by atoms with Crippen LogP contribution in [0.15, 0.2) is 42.5 Å². The Hall–Kier alpha value is -3.35. The number of nitrogens with one attached hydrogen (secondary N) is 1. The van der Waals surface area contributed by atoms with Crippen LogP contribution in [0.5, 0.6) is 5.75 Å². The van der Waals surface area contributed by atoms with Crippen LogP contribution in [0.3, 0.4) is 0 Å². The van der Waals surface area contributed by atoms with Gasteiger partial charge < -0.3 is 20.1 Å². The van der Waals surface area contributed by atoms with Gasteiger partial charge >= 0.3 is 5.97 Å². The lowest BCUT2D eigenvalue weighted by atomic mass is 10.1. The molecule has 27 heavy (non-hydrogen) atoms. The summed E-state index contributed by atoms with van der Waals surface area (Å²) in [6, 6.07) is 11.4. The van der Waals surface area contributed by atoms with Gasteiger partial charge in [0, 0.05) is 24.7 Å². The average Bonchev–Trinajstić information content (AvgIpc) is 3.07. The van der Waals surface area contributed by atoms with E-state index < -0.39 is 5.97 Å². The minimum Gasteiger partial charge on any atom is -0.494 e. The largest absolute Gasteiger partial charge is 0.494 e. The lowest BCUT2D eigenvalue weighted by Gasteiger charge is -2.19. The number of benzene rings is 2. The molecule has 2 N–H and O–H groups in total. The van der Waals surface area contributed by atoms with Crippen LogP contribution < -0.4 is 15.0 Å². The van der Waals surface area contributed by atoms with E-state index in [1.807, 2.05) is 0 Å². The third-order valence-corrected chi connectivity index (χ3v) is 4.37. The first-order chi connectivity index (χ1) is 13.0. The quantitative estimate of drug-likeness (QED) is 0.817. The second kappa shape index (κ2) is 7.90. The Morgan fingerprint density at radius 2 is 2.04 bits per heavy atom. The first-order valence-corrected chi connectivity index (χ1v) is 8.58. The zero-order valence-electron chi connectivity index (χ0n) is 14.9. The topological polar surface area (TPSA) is 95.9 Å². The number of hydrogen-bond donors (Lipinski definition) is 2. The molecule has 2 aromatic rings. The molecular formula is C20H20N2O5. The van der Waals surface area contributed by atoms with E-state index in [2.05, 4.69) is 5.32 Å². The molecule has 7 nitrogen and oxygen atoms in total. The second-order valence-corrected chi connectivity index (χ2v) is 6.27. The third kappa shape index (κ3) is 4.25. The monoisotopic (exact) mass is 368 g/mol. The van der Waals surface area contributed by atoms with Crippen molar-refractivity contribution in [1.29, 1.82) is 0 Å². The van der Waals surface area contributed by atoms with Crippen LogP contribution in [0, 0.1) is 0 Å². The molecule has 1 fully saturated rings. The minimum atomic E-state index is -1.03. The number of nitrogens with zero attached hydrogens (tertiary/aromatic N) is 1. The summed E-state index contributed by atoms with van der Waals surface area (Å²) in [6.07, 6.45) is 1.39. The smallest absolute Gasteiger partial charge is 0.335 e. The molecule has 1 heterocycles. The average molecular weight is 368 g/mol. The summed E-state index contributed by atoms with van der Waals surface area (Å²) >= 11 is 0. The molecule has 0 bridgehead atoms. The van der Waals surface area contributed by atoms with Crippen LogP contribution in [0.2, 0.25) is 0 Å². The molecule has 0 radical (unpaired) electrons. The Morgan fingerprint density at radius 1 is 1.22 bits per heavy atom. The number of rotatable bonds is 6. The summed E-state index contributed by atoms with van der Waals surface area (Å²) in [5.41, 5.74) is 1.98. The Kier molecular flexibility index (Phi) is 5.40. The van der Waals surface area contributed by atoms with Crippen LogP contribution >= 0.6 is 0 Å². The number of carbonyl (C=O) groups is 3. The predicted molar refractivity (Wildman–Crippen MR) is 100 cm³/mol. The number of carbonyl (C=O) groups excluding carboxylic acids is 2. The normalized spacial score (nSPS) is 13.5. The highest BCUT2D eigenvalue weighted by molar-refractivity contribution is 5.98. The summed E-state index contributed by atoms with van der Waals surface area (Å²) in [5, 5.41) is 11.8. The number of anilines is 2. The SMILES string of the molecule is COc1cc(NC(=O)Cc2cccc(C(=O)O)c2)ccc1N1CCCC1=O. The van der Waals surface area contributed by atoms with E-state index >= 15 is 0 Å². The number of carboxylic acids is 1. The molecule has 0 aliphatic carbocycles. The molecule has 1 saturated heterocycles. The number of aromatic carboxylic acids is 1. The standard InChI is InChI=1S/C20H20N2O5/c1-27-17-12-15(7-8-16(17)22-9-3-6-19(22)24)21-18(23)11-13-4-2-5-14(10-13)20(25)26/h2,4-5,7-8,10,12H,3,6,9,11H2,1H3,(H,21,23)(H,25,26). The second-order valence-electron chi connectivity index (χ2n) is 6.27. The van der Waals surface area contributed by atoms with Crippen molar-refractivity contribution in [1.82, 2.24) is 0 Å². The van der Waals surface area contributed by atoms with E-state index in [-0.39, 0.29) is 23.8 Å². The summed E-state index contributed by atoms with van der Waals surface area (Å²) in [6.45, 7) is 0.654. The molecule has 2 aromatic carbocycles. The molecule has 3 rings (SSSR count). The van der Waals surface area contributed by atoms with Gasteiger partial charge in [0.25, 0.3) is 0 Å². The maximum atomic E-state index is 12.3. The lowest BCUT2D eigenvalue weighted by Crippen LogP contribution is -2.24. The van der Waals surface area contributed by atoms with Crippen molar-refractivity contribution in [3.05, 3.63) is 53.6 Å². The van der Waals surface area contributed by atoms with Crippen LogP contribution in [0.4, 0.5) is 11.4 Å². The molecule has 1 aliphatic heterocycles. The maximum absolute atomic E-state index is 12.3. The maximum Gasteiger partial charge on any atom is 0.335 e. The molecular weight excluding hydrogens is 348 g/mol. The van der Waals surface area contributed by atoms with E-state index in [1.165, 1.54) is 19.2 Å². The highest BCUT2D eigenvalue weighted by atomic mass is 16.5. The predicted octanol–water partition coefficient (Wildman–Crippen LogP) is 2.70. The molecule has 140 valence electrons. The first-order valence-electron chi connectivity index (χ1n) is 8.58. The Labute approximate surface area is 156 Å². The minimum absolute atomic E-state index is 0.0514. The third-order valence-electron chi connectivity index (χ3n) is 4.37. The molecule has 0 spiro atoms. The number of amides is 2. The van der Waals surface area contributed by atoms with Crippen molar-refractivity contribution in [3.63, 3.8) is 0 Å². The van der Waals surface area contributed by atoms with Gasteiger partial charge in [-0.3, -0.25) is 9.59 Å². The van der Waals surface area contributed by atoms with Gasteiger partial charge in [-0.2, -0.15) is 0 Å². The summed E-state index contributed by atoms with van der Waals surface area (Å²) < 4.78 is 5.38. The van der Waals surface area contributed by atoms with Gasteiger partial charge in [0.15, 0.2) is 0 Å². The number of ether oxygens (including phenoxy) is 1. The van der Waals surface area contributed by atoms with E-state index in [0.717, 1.165) is 6.42 Å². The van der Waals surface area contributed by atoms with Gasteiger partial charge in [-0.1, -0.05) is 12.1 Å². The van der Waals surface area contributed by atoms with Crippen LogP contribution in [-0.4, -0.2) is 36.5 Å². The van der Waals surface area contributed by atoms with Crippen LogP contribution in [0.1, 0.15) is 28.8 Å². The Morgan fingerprint density at radius 3 is 2.70 bits per heavy atom. The molecule has 0 saturated carbocycles. The molecule has 1 aliphatic rings. The molecule has 7 heteroatoms. The summed E-state index contributed by atoms with van der Waals surface area (Å²) in [4.78, 5) is 36.9. The van der Waals surface area contributed by atoms with Crippen molar-refractivity contribution < 1.29 is 24.2 Å². The van der Waals surface area contributed by atoms with Crippen LogP contribution in [0.25, 0.3) is 0 Å². The zero-order valence-corrected chi connectivity index (χ0v) is 14.9. The fraction of sp³-hybridized carbons (Fsp3) is 0.250. The van der Waals surface area contributed by atoms with E-state index in [9.17, 15) is 14.4 Å².